The van der Waals surface area contributed by atoms with E-state index in [1.807, 2.05) is 13.8 Å². The molecule has 1 fully saturated rings. The molecule has 0 saturated carbocycles. The lowest BCUT2D eigenvalue weighted by Crippen LogP contribution is -2.37. The smallest absolute Gasteiger partial charge is 0.229 e. The van der Waals surface area contributed by atoms with E-state index in [2.05, 4.69) is 0 Å². The molecule has 1 saturated heterocycles. The molecule has 5 nitrogen and oxygen atoms in total. The van der Waals surface area contributed by atoms with E-state index in [0.29, 0.717) is 6.42 Å². The Labute approximate surface area is 120 Å². The number of hydrogen-bond acceptors (Lipinski definition) is 4. The largest absolute Gasteiger partial charge is 0.243 e. The molecule has 0 aliphatic carbocycles. The maximum absolute atomic E-state index is 12.5. The first kappa shape index (κ1) is 15.5. The monoisotopic (exact) mass is 317 g/mol. The fourth-order valence-electron chi connectivity index (χ4n) is 2.30. The second-order valence-electron chi connectivity index (χ2n) is 5.32. The molecule has 1 heterocycles. The Morgan fingerprint density at radius 3 is 2.35 bits per heavy atom. The minimum absolute atomic E-state index is 0.0600. The summed E-state index contributed by atoms with van der Waals surface area (Å²) >= 11 is 0. The third-order valence-corrected chi connectivity index (χ3v) is 7.53. The molecule has 20 heavy (non-hydrogen) atoms. The molecular weight excluding hydrogens is 298 g/mol. The number of rotatable bonds is 3. The highest BCUT2D eigenvalue weighted by atomic mass is 32.2. The van der Waals surface area contributed by atoms with Crippen molar-refractivity contribution in [2.45, 2.75) is 31.2 Å². The average Bonchev–Trinajstić information content (AvgIpc) is 2.72. The summed E-state index contributed by atoms with van der Waals surface area (Å²) in [6.07, 6.45) is 0.364. The van der Waals surface area contributed by atoms with Gasteiger partial charge in [0.05, 0.1) is 16.4 Å². The van der Waals surface area contributed by atoms with Gasteiger partial charge in [-0.1, -0.05) is 6.07 Å². The van der Waals surface area contributed by atoms with Crippen LogP contribution in [0, 0.1) is 13.8 Å². The Bertz CT molecular complexity index is 723. The molecule has 1 aliphatic heterocycles. The van der Waals surface area contributed by atoms with Crippen molar-refractivity contribution >= 4 is 19.9 Å². The van der Waals surface area contributed by atoms with E-state index in [0.717, 1.165) is 11.1 Å². The minimum atomic E-state index is -3.64. The van der Waals surface area contributed by atoms with Crippen molar-refractivity contribution < 1.29 is 16.8 Å². The van der Waals surface area contributed by atoms with Crippen LogP contribution in [0.4, 0.5) is 0 Å². The van der Waals surface area contributed by atoms with Crippen LogP contribution in [0.5, 0.6) is 0 Å². The summed E-state index contributed by atoms with van der Waals surface area (Å²) in [6.45, 7) is 3.77. The first-order valence-corrected chi connectivity index (χ1v) is 9.65. The summed E-state index contributed by atoms with van der Waals surface area (Å²) in [7, 11) is -5.29. The molecule has 0 radical (unpaired) electrons. The van der Waals surface area contributed by atoms with E-state index in [4.69, 9.17) is 0 Å². The van der Waals surface area contributed by atoms with Crippen molar-refractivity contribution in [3.05, 3.63) is 29.3 Å². The van der Waals surface area contributed by atoms with Crippen LogP contribution in [-0.4, -0.2) is 45.7 Å². The molecule has 0 aromatic heterocycles. The topological polar surface area (TPSA) is 71.5 Å². The number of nitrogens with zero attached hydrogens (tertiary/aromatic N) is 1. The number of aryl methyl sites for hydroxylation is 2. The van der Waals surface area contributed by atoms with E-state index >= 15 is 0 Å². The van der Waals surface area contributed by atoms with Crippen LogP contribution in [-0.2, 0) is 19.9 Å². The summed E-state index contributed by atoms with van der Waals surface area (Å²) in [5.74, 6) is -0.0297. The van der Waals surface area contributed by atoms with Crippen molar-refractivity contribution in [2.75, 3.05) is 18.6 Å². The van der Waals surface area contributed by atoms with E-state index in [-0.39, 0.29) is 16.4 Å². The standard InChI is InChI=1S/C13H19NO4S2/c1-10-4-5-13(8-11(10)2)20(17,18)14(3)12-6-7-19(15,16)9-12/h4-5,8,12H,6-7,9H2,1-3H3/t12-/m0/s1. The van der Waals surface area contributed by atoms with Gasteiger partial charge in [-0.05, 0) is 43.5 Å². The lowest BCUT2D eigenvalue weighted by atomic mass is 10.1. The average molecular weight is 317 g/mol. The molecule has 0 spiro atoms. The second kappa shape index (κ2) is 5.13. The SMILES string of the molecule is Cc1ccc(S(=O)(=O)N(C)[C@H]2CCS(=O)(=O)C2)cc1C. The third-order valence-electron chi connectivity index (χ3n) is 3.88. The van der Waals surface area contributed by atoms with Gasteiger partial charge < -0.3 is 0 Å². The molecule has 0 amide bonds. The molecule has 0 bridgehead atoms. The zero-order valence-electron chi connectivity index (χ0n) is 11.8. The number of sulfonamides is 1. The van der Waals surface area contributed by atoms with Gasteiger partial charge in [-0.2, -0.15) is 4.31 Å². The van der Waals surface area contributed by atoms with Crippen molar-refractivity contribution in [1.29, 1.82) is 0 Å². The van der Waals surface area contributed by atoms with Crippen LogP contribution in [0.2, 0.25) is 0 Å². The Kier molecular flexibility index (Phi) is 3.96. The van der Waals surface area contributed by atoms with E-state index in [9.17, 15) is 16.8 Å². The number of benzene rings is 1. The summed E-state index contributed by atoms with van der Waals surface area (Å²) in [4.78, 5) is 0.215. The van der Waals surface area contributed by atoms with Gasteiger partial charge in [0.1, 0.15) is 0 Å². The molecule has 112 valence electrons. The highest BCUT2D eigenvalue weighted by molar-refractivity contribution is 7.92. The Hall–Kier alpha value is -0.920. The van der Waals surface area contributed by atoms with E-state index in [1.54, 1.807) is 18.2 Å². The van der Waals surface area contributed by atoms with Crippen molar-refractivity contribution in [2.24, 2.45) is 0 Å². The van der Waals surface area contributed by atoms with Gasteiger partial charge >= 0.3 is 0 Å². The molecule has 0 unspecified atom stereocenters. The summed E-state index contributed by atoms with van der Waals surface area (Å²) < 4.78 is 49.2. The van der Waals surface area contributed by atoms with Crippen molar-refractivity contribution in [3.8, 4) is 0 Å². The first-order chi connectivity index (χ1) is 9.13. The Morgan fingerprint density at radius 2 is 1.85 bits per heavy atom. The molecule has 1 aromatic rings. The number of sulfone groups is 1. The van der Waals surface area contributed by atoms with E-state index < -0.39 is 25.9 Å². The third kappa shape index (κ3) is 2.89. The summed E-state index contributed by atoms with van der Waals surface area (Å²) in [5.41, 5.74) is 1.92. The lowest BCUT2D eigenvalue weighted by molar-refractivity contribution is 0.394. The fraction of sp³-hybridized carbons (Fsp3) is 0.538. The lowest BCUT2D eigenvalue weighted by Gasteiger charge is -2.23. The highest BCUT2D eigenvalue weighted by Gasteiger charge is 2.36. The van der Waals surface area contributed by atoms with Crippen LogP contribution >= 0.6 is 0 Å². The van der Waals surface area contributed by atoms with Crippen molar-refractivity contribution in [3.63, 3.8) is 0 Å². The van der Waals surface area contributed by atoms with Gasteiger partial charge in [-0.15, -0.1) is 0 Å². The van der Waals surface area contributed by atoms with Crippen LogP contribution in [0.1, 0.15) is 17.5 Å². The van der Waals surface area contributed by atoms with Crippen LogP contribution in [0.3, 0.4) is 0 Å². The van der Waals surface area contributed by atoms with E-state index in [1.165, 1.54) is 11.4 Å². The predicted octanol–water partition coefficient (Wildman–Crippen LogP) is 1.11. The van der Waals surface area contributed by atoms with Gasteiger partial charge in [0, 0.05) is 13.1 Å². The van der Waals surface area contributed by atoms with Gasteiger partial charge in [0.2, 0.25) is 10.0 Å². The molecule has 1 aliphatic rings. The van der Waals surface area contributed by atoms with Crippen LogP contribution in [0.25, 0.3) is 0 Å². The number of hydrogen-bond donors (Lipinski definition) is 0. The second-order valence-corrected chi connectivity index (χ2v) is 9.55. The maximum atomic E-state index is 12.5. The molecule has 0 N–H and O–H groups in total. The molecule has 2 rings (SSSR count). The Morgan fingerprint density at radius 1 is 1.20 bits per heavy atom. The van der Waals surface area contributed by atoms with Gasteiger partial charge in [-0.25, -0.2) is 16.8 Å². The predicted molar refractivity (Wildman–Crippen MR) is 77.9 cm³/mol. The zero-order chi connectivity index (χ0) is 15.1. The molecular formula is C13H19NO4S2. The zero-order valence-corrected chi connectivity index (χ0v) is 13.5. The van der Waals surface area contributed by atoms with Crippen molar-refractivity contribution in [1.82, 2.24) is 4.31 Å². The quantitative estimate of drug-likeness (QED) is 0.837. The van der Waals surface area contributed by atoms with Gasteiger partial charge in [0.15, 0.2) is 9.84 Å². The first-order valence-electron chi connectivity index (χ1n) is 6.39. The summed E-state index contributed by atoms with van der Waals surface area (Å²) in [6, 6.07) is 4.50. The molecule has 1 atom stereocenters. The normalized spacial score (nSPS) is 22.3. The highest BCUT2D eigenvalue weighted by Crippen LogP contribution is 2.24. The van der Waals surface area contributed by atoms with Crippen LogP contribution in [0.15, 0.2) is 23.1 Å². The Balaban J connectivity index is 2.32. The minimum Gasteiger partial charge on any atom is -0.229 e. The van der Waals surface area contributed by atoms with Gasteiger partial charge in [-0.3, -0.25) is 0 Å². The maximum Gasteiger partial charge on any atom is 0.243 e. The molecule has 1 aromatic carbocycles. The van der Waals surface area contributed by atoms with Crippen LogP contribution < -0.4 is 0 Å². The fourth-order valence-corrected chi connectivity index (χ4v) is 5.64. The van der Waals surface area contributed by atoms with Gasteiger partial charge in [0.25, 0.3) is 0 Å². The summed E-state index contributed by atoms with van der Waals surface area (Å²) in [5, 5.41) is 0. The molecule has 7 heteroatoms.